The lowest BCUT2D eigenvalue weighted by Crippen LogP contribution is -2.26. The number of furan rings is 1. The topological polar surface area (TPSA) is 56.4 Å². The first-order valence-corrected chi connectivity index (χ1v) is 10.4. The van der Waals surface area contributed by atoms with Gasteiger partial charge in [-0.25, -0.2) is 0 Å². The molecule has 0 fully saturated rings. The molecule has 1 atom stereocenters. The Bertz CT molecular complexity index is 1120. The molecule has 0 saturated heterocycles. The quantitative estimate of drug-likeness (QED) is 0.370. The van der Waals surface area contributed by atoms with Crippen molar-refractivity contribution in [1.29, 1.82) is 0 Å². The molecule has 1 amide bonds. The first kappa shape index (κ1) is 20.0. The lowest BCUT2D eigenvalue weighted by molar-refractivity contribution is 0.0907. The van der Waals surface area contributed by atoms with E-state index in [1.807, 2.05) is 78.5 Å². The Morgan fingerprint density at radius 3 is 2.60 bits per heavy atom. The number of benzene rings is 2. The van der Waals surface area contributed by atoms with E-state index in [-0.39, 0.29) is 24.3 Å². The molecule has 0 aliphatic heterocycles. The van der Waals surface area contributed by atoms with E-state index in [1.165, 1.54) is 0 Å². The maximum absolute atomic E-state index is 12.6. The minimum absolute atomic E-state index is 0.166. The maximum Gasteiger partial charge on any atom is 0.287 e. The van der Waals surface area contributed by atoms with E-state index in [0.29, 0.717) is 5.76 Å². The van der Waals surface area contributed by atoms with Crippen LogP contribution in [0.25, 0.3) is 5.69 Å². The maximum atomic E-state index is 12.6. The molecule has 0 spiro atoms. The van der Waals surface area contributed by atoms with Crippen molar-refractivity contribution >= 4 is 21.8 Å². The second-order valence-electron chi connectivity index (χ2n) is 6.89. The predicted molar refractivity (Wildman–Crippen MR) is 119 cm³/mol. The van der Waals surface area contributed by atoms with E-state index in [4.69, 9.17) is 9.15 Å². The summed E-state index contributed by atoms with van der Waals surface area (Å²) in [6.07, 6.45) is 3.98. The summed E-state index contributed by atoms with van der Waals surface area (Å²) in [5, 5.41) is 2.99. The van der Waals surface area contributed by atoms with E-state index >= 15 is 0 Å². The van der Waals surface area contributed by atoms with Crippen LogP contribution in [0.15, 0.2) is 94.1 Å². The van der Waals surface area contributed by atoms with Gasteiger partial charge in [-0.15, -0.1) is 0 Å². The van der Waals surface area contributed by atoms with E-state index in [9.17, 15) is 4.79 Å². The number of aromatic nitrogens is 1. The van der Waals surface area contributed by atoms with Crippen LogP contribution in [0.5, 0.6) is 5.75 Å². The zero-order valence-electron chi connectivity index (χ0n) is 16.4. The van der Waals surface area contributed by atoms with Crippen molar-refractivity contribution in [2.45, 2.75) is 19.6 Å². The Morgan fingerprint density at radius 2 is 1.83 bits per heavy atom. The molecule has 5 nitrogen and oxygen atoms in total. The van der Waals surface area contributed by atoms with Gasteiger partial charge in [0.15, 0.2) is 5.76 Å². The molecule has 0 aliphatic rings. The fourth-order valence-corrected chi connectivity index (χ4v) is 3.34. The van der Waals surface area contributed by atoms with Crippen molar-refractivity contribution < 1.29 is 13.9 Å². The lowest BCUT2D eigenvalue weighted by Gasteiger charge is -2.15. The summed E-state index contributed by atoms with van der Waals surface area (Å²) in [7, 11) is 0. The molecule has 1 unspecified atom stereocenters. The van der Waals surface area contributed by atoms with Crippen LogP contribution in [0, 0.1) is 0 Å². The largest absolute Gasteiger partial charge is 0.486 e. The molecule has 2 aromatic carbocycles. The van der Waals surface area contributed by atoms with E-state index in [1.54, 1.807) is 12.1 Å². The standard InChI is InChI=1S/C24H21BrN2O3/c1-17(18-5-4-6-20(15-18)27-13-2-3-14-27)26-24(28)23-12-11-22(30-23)16-29-21-9-7-19(25)8-10-21/h2-15,17H,16H2,1H3,(H,26,28). The molecular weight excluding hydrogens is 444 g/mol. The minimum atomic E-state index is -0.260. The molecule has 0 radical (unpaired) electrons. The molecule has 30 heavy (non-hydrogen) atoms. The third-order valence-corrected chi connectivity index (χ3v) is 5.23. The number of carbonyl (C=O) groups is 1. The van der Waals surface area contributed by atoms with Crippen molar-refractivity contribution in [1.82, 2.24) is 9.88 Å². The summed E-state index contributed by atoms with van der Waals surface area (Å²) in [5.74, 6) is 1.32. The van der Waals surface area contributed by atoms with Gasteiger partial charge in [0.1, 0.15) is 18.1 Å². The molecule has 6 heteroatoms. The third-order valence-electron chi connectivity index (χ3n) is 4.70. The second kappa shape index (κ2) is 9.05. The number of ether oxygens (including phenoxy) is 1. The van der Waals surface area contributed by atoms with Gasteiger partial charge in [0.2, 0.25) is 0 Å². The second-order valence-corrected chi connectivity index (χ2v) is 7.80. The van der Waals surface area contributed by atoms with Crippen LogP contribution in [0.2, 0.25) is 0 Å². The van der Waals surface area contributed by atoms with Gasteiger partial charge < -0.3 is 19.0 Å². The molecule has 4 rings (SSSR count). The average molecular weight is 465 g/mol. The Kier molecular flexibility index (Phi) is 6.05. The van der Waals surface area contributed by atoms with E-state index in [2.05, 4.69) is 27.3 Å². The number of rotatable bonds is 7. The lowest BCUT2D eigenvalue weighted by atomic mass is 10.1. The molecule has 1 N–H and O–H groups in total. The van der Waals surface area contributed by atoms with Crippen molar-refractivity contribution in [3.8, 4) is 11.4 Å². The molecule has 152 valence electrons. The number of amides is 1. The summed E-state index contributed by atoms with van der Waals surface area (Å²) < 4.78 is 14.4. The third kappa shape index (κ3) is 4.83. The van der Waals surface area contributed by atoms with E-state index in [0.717, 1.165) is 21.5 Å². The van der Waals surface area contributed by atoms with Gasteiger partial charge >= 0.3 is 0 Å². The Labute approximate surface area is 183 Å². The fraction of sp³-hybridized carbons (Fsp3) is 0.125. The predicted octanol–water partition coefficient (Wildman–Crippen LogP) is 5.90. The van der Waals surface area contributed by atoms with Gasteiger partial charge in [0.25, 0.3) is 5.91 Å². The van der Waals surface area contributed by atoms with Gasteiger partial charge in [-0.2, -0.15) is 0 Å². The smallest absolute Gasteiger partial charge is 0.287 e. The highest BCUT2D eigenvalue weighted by Gasteiger charge is 2.16. The number of hydrogen-bond acceptors (Lipinski definition) is 3. The first-order valence-electron chi connectivity index (χ1n) is 9.60. The van der Waals surface area contributed by atoms with Crippen molar-refractivity contribution in [2.75, 3.05) is 0 Å². The van der Waals surface area contributed by atoms with Crippen molar-refractivity contribution in [3.63, 3.8) is 0 Å². The highest BCUT2D eigenvalue weighted by molar-refractivity contribution is 9.10. The molecule has 0 aliphatic carbocycles. The van der Waals surface area contributed by atoms with Crippen molar-refractivity contribution in [3.05, 3.63) is 107 Å². The average Bonchev–Trinajstić information content (AvgIpc) is 3.46. The van der Waals surface area contributed by atoms with Gasteiger partial charge in [-0.05, 0) is 73.2 Å². The number of halogens is 1. The van der Waals surface area contributed by atoms with Gasteiger partial charge in [0, 0.05) is 22.6 Å². The van der Waals surface area contributed by atoms with Gasteiger partial charge in [-0.1, -0.05) is 28.1 Å². The molecule has 2 aromatic heterocycles. The Hall–Kier alpha value is -3.25. The summed E-state index contributed by atoms with van der Waals surface area (Å²) >= 11 is 3.39. The van der Waals surface area contributed by atoms with Crippen molar-refractivity contribution in [2.24, 2.45) is 0 Å². The number of nitrogens with zero attached hydrogens (tertiary/aromatic N) is 1. The monoisotopic (exact) mass is 464 g/mol. The van der Waals surface area contributed by atoms with Crippen LogP contribution in [0.4, 0.5) is 0 Å². The van der Waals surface area contributed by atoms with E-state index < -0.39 is 0 Å². The van der Waals surface area contributed by atoms with Crippen LogP contribution in [-0.4, -0.2) is 10.5 Å². The first-order chi connectivity index (χ1) is 14.6. The Morgan fingerprint density at radius 1 is 1.07 bits per heavy atom. The van der Waals surface area contributed by atoms with Crippen LogP contribution < -0.4 is 10.1 Å². The molecule has 0 bridgehead atoms. The van der Waals surface area contributed by atoms with Crippen LogP contribution >= 0.6 is 15.9 Å². The van der Waals surface area contributed by atoms with Gasteiger partial charge in [0.05, 0.1) is 6.04 Å². The van der Waals surface area contributed by atoms with Crippen LogP contribution in [0.1, 0.15) is 34.8 Å². The Balaban J connectivity index is 1.37. The molecule has 2 heterocycles. The summed E-state index contributed by atoms with van der Waals surface area (Å²) in [4.78, 5) is 12.6. The highest BCUT2D eigenvalue weighted by Crippen LogP contribution is 2.20. The molecular formula is C24H21BrN2O3. The summed E-state index contributed by atoms with van der Waals surface area (Å²) in [6, 6.07) is 22.8. The number of hydrogen-bond donors (Lipinski definition) is 1. The minimum Gasteiger partial charge on any atom is -0.486 e. The van der Waals surface area contributed by atoms with Gasteiger partial charge in [-0.3, -0.25) is 4.79 Å². The zero-order valence-corrected chi connectivity index (χ0v) is 18.0. The van der Waals surface area contributed by atoms with Crippen LogP contribution in [0.3, 0.4) is 0 Å². The summed E-state index contributed by atoms with van der Waals surface area (Å²) in [6.45, 7) is 2.20. The molecule has 0 saturated carbocycles. The number of carbonyl (C=O) groups excluding carboxylic acids is 1. The normalized spacial score (nSPS) is 11.8. The number of nitrogens with one attached hydrogen (secondary N) is 1. The zero-order chi connectivity index (χ0) is 20.9. The van der Waals surface area contributed by atoms with Crippen LogP contribution in [-0.2, 0) is 6.61 Å². The SMILES string of the molecule is CC(NC(=O)c1ccc(COc2ccc(Br)cc2)o1)c1cccc(-n2cccc2)c1. The summed E-state index contributed by atoms with van der Waals surface area (Å²) in [5.41, 5.74) is 2.06. The highest BCUT2D eigenvalue weighted by atomic mass is 79.9. The molecule has 4 aromatic rings. The fourth-order valence-electron chi connectivity index (χ4n) is 3.08.